The molecule has 5 N–H and O–H groups in total. The van der Waals surface area contributed by atoms with Gasteiger partial charge in [-0.3, -0.25) is 38.5 Å². The van der Waals surface area contributed by atoms with Gasteiger partial charge in [-0.1, -0.05) is 63.3 Å². The van der Waals surface area contributed by atoms with Gasteiger partial charge in [-0.25, -0.2) is 42.9 Å². The van der Waals surface area contributed by atoms with Crippen molar-refractivity contribution >= 4 is 80.6 Å². The first-order valence-corrected chi connectivity index (χ1v) is 47.5. The summed E-state index contributed by atoms with van der Waals surface area (Å²) in [4.78, 5) is 158. The predicted molar refractivity (Wildman–Crippen MR) is 487 cm³/mol. The van der Waals surface area contributed by atoms with Gasteiger partial charge in [0.2, 0.25) is 23.6 Å². The van der Waals surface area contributed by atoms with Crippen molar-refractivity contribution in [1.29, 1.82) is 0 Å². The summed E-state index contributed by atoms with van der Waals surface area (Å²) in [6, 6.07) is 12.8. The van der Waals surface area contributed by atoms with Gasteiger partial charge in [-0.15, -0.1) is 0 Å². The molecule has 5 amide bonds. The lowest BCUT2D eigenvalue weighted by atomic mass is 9.83. The van der Waals surface area contributed by atoms with Crippen molar-refractivity contribution in [3.8, 4) is 16.9 Å². The lowest BCUT2D eigenvalue weighted by Crippen LogP contribution is -2.54. The number of piperazine rings is 2. The number of sulfone groups is 1. The van der Waals surface area contributed by atoms with E-state index in [-0.39, 0.29) is 128 Å². The normalized spacial score (nSPS) is 26.2. The monoisotopic (exact) mass is 1810 g/mol. The molecule has 4 saturated heterocycles. The van der Waals surface area contributed by atoms with Gasteiger partial charge in [0.25, 0.3) is 17.7 Å². The number of amides is 5. The Morgan fingerprint density at radius 3 is 2.12 bits per heavy atom. The molecule has 2 unspecified atom stereocenters. The molecule has 5 fully saturated rings. The number of pyridine rings is 1. The van der Waals surface area contributed by atoms with Crippen LogP contribution < -0.4 is 30.9 Å². The zero-order valence-electron chi connectivity index (χ0n) is 76.1. The molecule has 10 atom stereocenters. The van der Waals surface area contributed by atoms with Crippen LogP contribution in [0, 0.1) is 30.6 Å². The van der Waals surface area contributed by atoms with Gasteiger partial charge in [0.1, 0.15) is 60.5 Å². The summed E-state index contributed by atoms with van der Waals surface area (Å²) in [5.41, 5.74) is 11.4. The Hall–Kier alpha value is -10.8. The molecule has 6 aliphatic heterocycles. The van der Waals surface area contributed by atoms with E-state index in [0.717, 1.165) is 35.4 Å². The molecular weight excluding hydrogens is 1690 g/mol. The van der Waals surface area contributed by atoms with Crippen LogP contribution in [-0.4, -0.2) is 278 Å². The average molecular weight is 1810 g/mol. The highest BCUT2D eigenvalue weighted by Crippen LogP contribution is 2.36. The number of benzene rings is 2. The Bertz CT molecular complexity index is 4970. The third-order valence-corrected chi connectivity index (χ3v) is 27.6. The van der Waals surface area contributed by atoms with Crippen LogP contribution in [-0.2, 0) is 80.1 Å². The second-order valence-corrected chi connectivity index (χ2v) is 37.5. The van der Waals surface area contributed by atoms with E-state index in [4.69, 9.17) is 38.9 Å². The number of carbonyl (C=O) groups is 9. The van der Waals surface area contributed by atoms with E-state index in [1.54, 1.807) is 63.5 Å². The standard InChI is InChI=1S/C96H128N14O19S/c1-62-15-10-9-11-16-63(2)83(123-7)54-75-17-14-19-82(127-75)88(115)92(118)110-34-13-12-18-79(110)93(119)128-76(53-80(111)65(4)50-67(6)87(114)89(124-8)86(113)66(5)49-62)27-22-68-20-25-74(26-21-68)129-96(120)104-57-69-55-100-94(101-56-69)108-41-39-106(40-42-108)85(112)32-45-125-46-43-105-35-37-107(38-36-105)95-102-59-73(60-103-95)90(116)98-33-48-130(121,122)77-28-29-78(64(3)51-77)91(117)109-44-47-126-81-30-23-70(52-72(81)61-109)71-24-31-84(97)99-58-71/h9-11,15-16,23-24,28-31,50-52,55-56,58-60,62,65-66,68,74-76,79,82-83,87,89,114H,12-14,17-22,25-27,32-49,53-54,57,61H2,1-8H3,(H2,97,99)(H,98,116)(H,104,120)/b11-9+,15-10+,63-16+,67-50+/t62-,65-,66-,68-,74-,75?,76-,79+,82?,83+,87-,89+/m1/s1. The lowest BCUT2D eigenvalue weighted by Gasteiger charge is -2.36. The lowest BCUT2D eigenvalue weighted by molar-refractivity contribution is -0.167. The Balaban J connectivity index is 0.527. The van der Waals surface area contributed by atoms with Crippen LogP contribution in [0.25, 0.3) is 11.1 Å². The molecule has 130 heavy (non-hydrogen) atoms. The molecular formula is C96H128N14O19S. The number of aliphatic hydroxyl groups excluding tert-OH is 1. The number of aromatic nitrogens is 5. The number of hydrogen-bond donors (Lipinski definition) is 4. The van der Waals surface area contributed by atoms with Gasteiger partial charge in [0.15, 0.2) is 15.6 Å². The number of nitrogens with one attached hydrogen (secondary N) is 2. The van der Waals surface area contributed by atoms with E-state index < -0.39 is 81.8 Å². The first-order chi connectivity index (χ1) is 62.6. The van der Waals surface area contributed by atoms with E-state index in [1.165, 1.54) is 42.6 Å². The van der Waals surface area contributed by atoms with Crippen molar-refractivity contribution in [1.82, 2.24) is 55.2 Å². The number of anilines is 3. The Morgan fingerprint density at radius 1 is 0.692 bits per heavy atom. The van der Waals surface area contributed by atoms with Gasteiger partial charge in [0.05, 0.1) is 54.6 Å². The van der Waals surface area contributed by atoms with E-state index in [2.05, 4.69) is 40.5 Å². The number of ketones is 3. The van der Waals surface area contributed by atoms with Gasteiger partial charge < -0.3 is 79.1 Å². The molecule has 1 saturated carbocycles. The molecule has 2 bridgehead atoms. The highest BCUT2D eigenvalue weighted by Gasteiger charge is 2.43. The molecule has 33 nitrogen and oxygen atoms in total. The zero-order valence-corrected chi connectivity index (χ0v) is 77.0. The maximum Gasteiger partial charge on any atom is 0.407 e. The summed E-state index contributed by atoms with van der Waals surface area (Å²) in [7, 11) is -0.853. The van der Waals surface area contributed by atoms with E-state index in [9.17, 15) is 56.7 Å². The number of piperidine rings is 1. The molecule has 34 heteroatoms. The summed E-state index contributed by atoms with van der Waals surface area (Å²) < 4.78 is 69.1. The number of alkyl carbamates (subject to hydrolysis) is 1. The fraction of sp³-hybridized carbons (Fsp3) is 0.562. The van der Waals surface area contributed by atoms with Gasteiger partial charge in [0, 0.05) is 177 Å². The second kappa shape index (κ2) is 47.4. The van der Waals surface area contributed by atoms with Crippen molar-refractivity contribution in [3.63, 3.8) is 0 Å². The highest BCUT2D eigenvalue weighted by atomic mass is 32.2. The SMILES string of the molecule is CO[C@H]1CC2CCCC(O2)C(=O)C(=O)N2CCCC[C@H]2C(=O)O[C@H](CC[C@H]2CC[C@H](OC(=O)NCc3cnc(N4CCN(C(=O)CCOCCN5CCN(c6ncc(C(=O)NCCS(=O)(=O)c7ccc(C(=O)N8CCOc9ccc(-c%10ccc(N)nc%10)cc9C8)c(C)c7)cn6)CC5)CC4)nc3)CC2)CC(=O)[C@H](C)/C=C(\C)[C@@H](O)[C@@H](OC)C(=O)[C@H](C)C[C@H](C)/C=C/C=C/C=C/1C. The summed E-state index contributed by atoms with van der Waals surface area (Å²) >= 11 is 0. The number of aliphatic hydroxyl groups is 1. The number of carbonyl (C=O) groups excluding carboxylic acids is 9. The van der Waals surface area contributed by atoms with E-state index >= 15 is 0 Å². The van der Waals surface area contributed by atoms with Gasteiger partial charge in [-0.05, 0) is 181 Å². The Labute approximate surface area is 762 Å². The van der Waals surface area contributed by atoms with E-state index in [1.807, 2.05) is 90.1 Å². The molecule has 12 rings (SSSR count). The van der Waals surface area contributed by atoms with Crippen LogP contribution in [0.2, 0.25) is 0 Å². The third kappa shape index (κ3) is 27.2. The van der Waals surface area contributed by atoms with Crippen molar-refractivity contribution in [2.24, 2.45) is 23.7 Å². The van der Waals surface area contributed by atoms with Crippen LogP contribution in [0.3, 0.4) is 0 Å². The molecule has 1 aliphatic carbocycles. The second-order valence-electron chi connectivity index (χ2n) is 35.4. The summed E-state index contributed by atoms with van der Waals surface area (Å²) in [5.74, 6) is -2.88. The molecule has 3 aromatic heterocycles. The Morgan fingerprint density at radius 2 is 1.42 bits per heavy atom. The molecule has 7 aliphatic rings. The smallest absolute Gasteiger partial charge is 0.407 e. The van der Waals surface area contributed by atoms with Crippen molar-refractivity contribution in [3.05, 3.63) is 155 Å². The number of methoxy groups -OCH3 is 2. The van der Waals surface area contributed by atoms with Crippen LogP contribution in [0.1, 0.15) is 175 Å². The highest BCUT2D eigenvalue weighted by molar-refractivity contribution is 7.91. The van der Waals surface area contributed by atoms with Crippen molar-refractivity contribution < 1.29 is 89.8 Å². The molecule has 702 valence electrons. The van der Waals surface area contributed by atoms with Crippen LogP contribution in [0.5, 0.6) is 5.75 Å². The summed E-state index contributed by atoms with van der Waals surface area (Å²) in [5, 5.41) is 17.1. The number of nitrogen functional groups attached to an aromatic ring is 1. The Kier molecular flexibility index (Phi) is 35.8. The minimum absolute atomic E-state index is 0.000651. The largest absolute Gasteiger partial charge is 0.491 e. The summed E-state index contributed by atoms with van der Waals surface area (Å²) in [6.45, 7) is 18.1. The summed E-state index contributed by atoms with van der Waals surface area (Å²) in [6.07, 6.45) is 20.8. The number of fused-ring (bicyclic) bond motifs is 4. The first kappa shape index (κ1) is 98.3. The molecule has 0 radical (unpaired) electrons. The fourth-order valence-corrected chi connectivity index (χ4v) is 19.2. The van der Waals surface area contributed by atoms with Gasteiger partial charge in [-0.2, -0.15) is 0 Å². The minimum Gasteiger partial charge on any atom is -0.491 e. The third-order valence-electron chi connectivity index (χ3n) is 25.9. The number of cyclic esters (lactones) is 1. The molecule has 5 aromatic rings. The van der Waals surface area contributed by atoms with Crippen LogP contribution >= 0.6 is 0 Å². The molecule has 9 heterocycles. The van der Waals surface area contributed by atoms with Gasteiger partial charge >= 0.3 is 12.1 Å². The topological polar surface area (TPSA) is 407 Å². The number of nitrogens with two attached hydrogens (primary N) is 1. The van der Waals surface area contributed by atoms with Crippen molar-refractivity contribution in [2.45, 2.75) is 211 Å². The van der Waals surface area contributed by atoms with Crippen LogP contribution in [0.15, 0.2) is 132 Å². The number of esters is 1. The number of nitrogens with zero attached hydrogens (tertiary/aromatic N) is 11. The fourth-order valence-electron chi connectivity index (χ4n) is 18.0. The number of rotatable bonds is 23. The van der Waals surface area contributed by atoms with Crippen LogP contribution in [0.4, 0.5) is 22.5 Å². The van der Waals surface area contributed by atoms with Crippen molar-refractivity contribution in [2.75, 3.05) is 134 Å². The average Bonchev–Trinajstić information content (AvgIpc) is 1.34. The number of aryl methyl sites for hydroxylation is 1. The number of hydrogen-bond acceptors (Lipinski definition) is 28. The molecule has 2 aromatic carbocycles. The maximum atomic E-state index is 14.5. The predicted octanol–water partition coefficient (Wildman–Crippen LogP) is 9.33. The molecule has 0 spiro atoms. The quantitative estimate of drug-likeness (QED) is 0.0205. The number of allylic oxidation sites excluding steroid dienone is 6. The minimum atomic E-state index is -3.86. The zero-order chi connectivity index (χ0) is 92.5. The van der Waals surface area contributed by atoms with E-state index in [0.29, 0.717) is 188 Å². The maximum absolute atomic E-state index is 14.5. The number of Topliss-reactive ketones (excluding diaryl/α,β-unsaturated/α-hetero) is 3. The first-order valence-electron chi connectivity index (χ1n) is 45.8. The number of ether oxygens (including phenoxy) is 7.